The van der Waals surface area contributed by atoms with Crippen molar-refractivity contribution >= 4 is 22.1 Å². The van der Waals surface area contributed by atoms with E-state index in [4.69, 9.17) is 14.2 Å². The molecule has 0 aliphatic carbocycles. The van der Waals surface area contributed by atoms with Gasteiger partial charge in [-0.25, -0.2) is 13.2 Å². The van der Waals surface area contributed by atoms with Gasteiger partial charge in [-0.3, -0.25) is 0 Å². The molecule has 4 rings (SSSR count). The van der Waals surface area contributed by atoms with Crippen LogP contribution in [0.1, 0.15) is 38.7 Å². The van der Waals surface area contributed by atoms with Crippen LogP contribution in [0.4, 0.5) is 9.59 Å². The van der Waals surface area contributed by atoms with E-state index < -0.39 is 46.0 Å². The number of carboxylic acid groups (broad SMARTS) is 1. The van der Waals surface area contributed by atoms with Gasteiger partial charge in [0.25, 0.3) is 0 Å². The molecule has 2 aromatic rings. The lowest BCUT2D eigenvalue weighted by Gasteiger charge is -2.43. The van der Waals surface area contributed by atoms with Gasteiger partial charge in [-0.2, -0.15) is 4.31 Å². The van der Waals surface area contributed by atoms with E-state index in [0.29, 0.717) is 38.2 Å². The van der Waals surface area contributed by atoms with E-state index in [0.717, 1.165) is 10.5 Å². The zero-order valence-electron chi connectivity index (χ0n) is 27.5. The highest BCUT2D eigenvalue weighted by Crippen LogP contribution is 2.36. The summed E-state index contributed by atoms with van der Waals surface area (Å²) < 4.78 is 46.3. The van der Waals surface area contributed by atoms with Gasteiger partial charge in [-0.15, -0.1) is 0 Å². The van der Waals surface area contributed by atoms with E-state index in [1.807, 2.05) is 44.2 Å². The van der Waals surface area contributed by atoms with Crippen molar-refractivity contribution in [1.29, 1.82) is 0 Å². The Morgan fingerprint density at radius 1 is 1.13 bits per heavy atom. The van der Waals surface area contributed by atoms with E-state index in [-0.39, 0.29) is 43.0 Å². The Morgan fingerprint density at radius 2 is 1.83 bits per heavy atom. The van der Waals surface area contributed by atoms with Gasteiger partial charge < -0.3 is 44.8 Å². The summed E-state index contributed by atoms with van der Waals surface area (Å²) in [6.45, 7) is 4.38. The average Bonchev–Trinajstić information content (AvgIpc) is 3.68. The predicted molar refractivity (Wildman–Crippen MR) is 172 cm³/mol. The molecule has 14 heteroatoms. The first kappa shape index (κ1) is 36.4. The fourth-order valence-electron chi connectivity index (χ4n) is 6.41. The van der Waals surface area contributed by atoms with Crippen LogP contribution in [0.25, 0.3) is 0 Å². The number of nitrogens with one attached hydrogen (secondary N) is 2. The minimum atomic E-state index is -4.18. The number of hydrogen-bond donors (Lipinski definition) is 3. The number of rotatable bonds is 16. The van der Waals surface area contributed by atoms with Gasteiger partial charge in [-0.05, 0) is 60.9 Å². The molecule has 2 heterocycles. The lowest BCUT2D eigenvalue weighted by atomic mass is 9.87. The Hall–Kier alpha value is -3.43. The second kappa shape index (κ2) is 16.1. The molecule has 0 radical (unpaired) electrons. The molecule has 2 aliphatic heterocycles. The van der Waals surface area contributed by atoms with Crippen LogP contribution in [0.15, 0.2) is 59.5 Å². The number of methoxy groups -OCH3 is 1. The monoisotopic (exact) mass is 675 g/mol. The third-order valence-electron chi connectivity index (χ3n) is 8.90. The summed E-state index contributed by atoms with van der Waals surface area (Å²) in [4.78, 5) is 25.6. The molecule has 0 bridgehead atoms. The predicted octanol–water partition coefficient (Wildman–Crippen LogP) is 1.80. The zero-order valence-corrected chi connectivity index (χ0v) is 28.3. The molecule has 0 unspecified atom stereocenters. The lowest BCUT2D eigenvalue weighted by molar-refractivity contribution is -0.273. The minimum absolute atomic E-state index is 0.00842. The summed E-state index contributed by atoms with van der Waals surface area (Å²) in [6, 6.07) is 13.1. The third kappa shape index (κ3) is 9.35. The van der Waals surface area contributed by atoms with Gasteiger partial charge in [0.15, 0.2) is 6.29 Å². The molecule has 2 aromatic carbocycles. The molecular weight excluding hydrogens is 628 g/mol. The molecule has 5 atom stereocenters. The van der Waals surface area contributed by atoms with Gasteiger partial charge in [0.1, 0.15) is 11.8 Å². The Bertz CT molecular complexity index is 1430. The van der Waals surface area contributed by atoms with Crippen molar-refractivity contribution < 1.29 is 42.4 Å². The summed E-state index contributed by atoms with van der Waals surface area (Å²) in [6.07, 6.45) is -1.59. The summed E-state index contributed by atoms with van der Waals surface area (Å²) in [5.74, 6) is 0.250. The van der Waals surface area contributed by atoms with Crippen molar-refractivity contribution in [3.63, 3.8) is 0 Å². The van der Waals surface area contributed by atoms with Crippen molar-refractivity contribution in [2.75, 3.05) is 47.0 Å². The van der Waals surface area contributed by atoms with Crippen LogP contribution in [-0.4, -0.2) is 106 Å². The number of fused-ring (bicyclic) bond motifs is 1. The molecule has 2 aliphatic rings. The minimum Gasteiger partial charge on any atom is -0.530 e. The van der Waals surface area contributed by atoms with Crippen molar-refractivity contribution in [2.24, 2.45) is 11.3 Å². The van der Waals surface area contributed by atoms with Crippen LogP contribution < -0.4 is 20.5 Å². The van der Waals surface area contributed by atoms with E-state index in [1.54, 1.807) is 12.1 Å². The Balaban J connectivity index is 1.66. The van der Waals surface area contributed by atoms with E-state index in [1.165, 1.54) is 30.6 Å². The van der Waals surface area contributed by atoms with Crippen LogP contribution in [0.5, 0.6) is 5.75 Å². The number of urea groups is 1. The van der Waals surface area contributed by atoms with Crippen LogP contribution >= 0.6 is 0 Å². The Labute approximate surface area is 277 Å². The quantitative estimate of drug-likeness (QED) is 0.225. The maximum absolute atomic E-state index is 14.2. The highest BCUT2D eigenvalue weighted by molar-refractivity contribution is 7.89. The average molecular weight is 676 g/mol. The molecule has 2 saturated heterocycles. The first-order chi connectivity index (χ1) is 22.4. The number of sulfonamides is 1. The normalized spacial score (nSPS) is 20.8. The third-order valence-corrected chi connectivity index (χ3v) is 10.7. The maximum Gasteiger partial charge on any atom is 0.314 e. The Morgan fingerprint density at radius 3 is 2.47 bits per heavy atom. The second-order valence-electron chi connectivity index (χ2n) is 12.8. The molecule has 2 fully saturated rings. The molecule has 0 aromatic heterocycles. The molecule has 47 heavy (non-hydrogen) atoms. The molecule has 3 N–H and O–H groups in total. The van der Waals surface area contributed by atoms with Crippen LogP contribution in [-0.2, 0) is 25.9 Å². The highest BCUT2D eigenvalue weighted by Gasteiger charge is 2.47. The number of hydrogen-bond acceptors (Lipinski definition) is 9. The van der Waals surface area contributed by atoms with Crippen LogP contribution in [0, 0.1) is 11.3 Å². The van der Waals surface area contributed by atoms with Gasteiger partial charge in [0, 0.05) is 32.6 Å². The fourth-order valence-corrected chi connectivity index (χ4v) is 8.06. The molecular formula is C33H47N4O9S-. The topological polar surface area (TPSA) is 170 Å². The molecule has 0 spiro atoms. The number of amides is 3. The number of aliphatic hydroxyl groups excluding tert-OH is 1. The molecule has 0 saturated carbocycles. The summed E-state index contributed by atoms with van der Waals surface area (Å²) >= 11 is 0. The Kier molecular flexibility index (Phi) is 12.5. The maximum atomic E-state index is 14.2. The SMILES string of the molecule is CNC(=O)NCCCC(C)(C)CN(C[C@@H](O)[C@H](Cc1ccccc1)N(C(=O)[O-])[C@H]1CO[C@H]2OCC[C@H]21)S(=O)(=O)c1ccc(OC)cc1. The molecule has 260 valence electrons. The lowest BCUT2D eigenvalue weighted by Crippen LogP contribution is -2.61. The summed E-state index contributed by atoms with van der Waals surface area (Å²) in [5, 5.41) is 30.1. The molecule has 13 nitrogen and oxygen atoms in total. The van der Waals surface area contributed by atoms with Crippen molar-refractivity contribution in [3.8, 4) is 5.75 Å². The number of ether oxygens (including phenoxy) is 3. The standard InChI is InChI=1S/C33H48N4O9S/c1-33(2,16-8-17-35-31(39)34-3)22-36(47(42,43)25-13-11-24(44-4)12-14-25)20-29(38)27(19-23-9-6-5-7-10-23)37(32(40)41)28-21-46-30-26(28)15-18-45-30/h5-7,9-14,26-30,38H,8,15-22H2,1-4H3,(H,40,41)(H2,34,35,39)/p-1/t26-,27-,28-,29+,30+/m0/s1. The van der Waals surface area contributed by atoms with Crippen molar-refractivity contribution in [3.05, 3.63) is 60.2 Å². The van der Waals surface area contributed by atoms with E-state index in [2.05, 4.69) is 10.6 Å². The van der Waals surface area contributed by atoms with Gasteiger partial charge in [0.05, 0.1) is 43.4 Å². The smallest absolute Gasteiger partial charge is 0.314 e. The first-order valence-electron chi connectivity index (χ1n) is 15.9. The van der Waals surface area contributed by atoms with Gasteiger partial charge >= 0.3 is 6.03 Å². The van der Waals surface area contributed by atoms with Crippen molar-refractivity contribution in [2.45, 2.75) is 68.9 Å². The molecule has 3 amide bonds. The number of benzene rings is 2. The van der Waals surface area contributed by atoms with E-state index in [9.17, 15) is 28.2 Å². The van der Waals surface area contributed by atoms with Gasteiger partial charge in [0.2, 0.25) is 10.0 Å². The number of nitrogens with zero attached hydrogens (tertiary/aromatic N) is 2. The van der Waals surface area contributed by atoms with Crippen molar-refractivity contribution in [1.82, 2.24) is 19.8 Å². The first-order valence-corrected chi connectivity index (χ1v) is 17.3. The van der Waals surface area contributed by atoms with Crippen LogP contribution in [0.2, 0.25) is 0 Å². The second-order valence-corrected chi connectivity index (χ2v) is 14.8. The van der Waals surface area contributed by atoms with Crippen LogP contribution in [0.3, 0.4) is 0 Å². The summed E-state index contributed by atoms with van der Waals surface area (Å²) in [5.41, 5.74) is 0.190. The highest BCUT2D eigenvalue weighted by atomic mass is 32.2. The number of carbonyl (C=O) groups is 2. The summed E-state index contributed by atoms with van der Waals surface area (Å²) in [7, 11) is -1.16. The number of aliphatic hydroxyl groups is 1. The number of carbonyl (C=O) groups excluding carboxylic acids is 2. The van der Waals surface area contributed by atoms with Gasteiger partial charge in [-0.1, -0.05) is 44.2 Å². The largest absolute Gasteiger partial charge is 0.530 e. The van der Waals surface area contributed by atoms with E-state index >= 15 is 0 Å². The fraction of sp³-hybridized carbons (Fsp3) is 0.576. The zero-order chi connectivity index (χ0) is 34.2.